The Morgan fingerprint density at radius 2 is 1.69 bits per heavy atom. The van der Waals surface area contributed by atoms with Crippen LogP contribution in [-0.2, 0) is 5.60 Å². The molecule has 0 saturated carbocycles. The molecule has 2 aromatic carbocycles. The van der Waals surface area contributed by atoms with Crippen LogP contribution in [-0.4, -0.2) is 15.3 Å². The molecule has 0 spiro atoms. The molecule has 0 aliphatic carbocycles. The highest BCUT2D eigenvalue weighted by Crippen LogP contribution is 2.37. The van der Waals surface area contributed by atoms with Crippen molar-refractivity contribution in [2.24, 2.45) is 0 Å². The van der Waals surface area contributed by atoms with Gasteiger partial charge < -0.3 is 24.2 Å². The highest BCUT2D eigenvalue weighted by molar-refractivity contribution is 6.02. The summed E-state index contributed by atoms with van der Waals surface area (Å²) in [7, 11) is 0. The molecule has 0 unspecified atom stereocenters. The van der Waals surface area contributed by atoms with Crippen LogP contribution in [0.15, 0.2) is 56.3 Å². The maximum atomic E-state index is 12.9. The lowest BCUT2D eigenvalue weighted by atomic mass is 10.0. The van der Waals surface area contributed by atoms with Gasteiger partial charge in [-0.3, -0.25) is 4.79 Å². The van der Waals surface area contributed by atoms with Gasteiger partial charge in [0.05, 0.1) is 10.9 Å². The minimum Gasteiger partial charge on any atom is -0.508 e. The number of aliphatic hydroxyl groups is 1. The number of hydrogen-bond donors (Lipinski definition) is 3. The van der Waals surface area contributed by atoms with Crippen LogP contribution >= 0.6 is 0 Å². The molecule has 0 fully saturated rings. The van der Waals surface area contributed by atoms with Crippen molar-refractivity contribution in [1.29, 1.82) is 0 Å². The molecule has 26 heavy (non-hydrogen) atoms. The standard InChI is InChI=1S/C20H16O6/c1-20(2,24)16-7-12-14(26-16)8-15-17(18(12)22)19(23)13(9-25-15)10-3-5-11(21)6-4-10/h3-9,21-22,24H,1-2H3. The zero-order chi connectivity index (χ0) is 18.6. The molecule has 0 atom stereocenters. The van der Waals surface area contributed by atoms with Crippen molar-refractivity contribution >= 4 is 21.9 Å². The fourth-order valence-corrected chi connectivity index (χ4v) is 2.90. The molecule has 4 rings (SSSR count). The average molecular weight is 352 g/mol. The smallest absolute Gasteiger partial charge is 0.204 e. The number of phenols is 2. The van der Waals surface area contributed by atoms with Crippen molar-refractivity contribution in [3.8, 4) is 22.6 Å². The van der Waals surface area contributed by atoms with Crippen LogP contribution in [0.25, 0.3) is 33.1 Å². The molecule has 132 valence electrons. The molecule has 0 saturated heterocycles. The third kappa shape index (κ3) is 2.43. The lowest BCUT2D eigenvalue weighted by Gasteiger charge is -2.12. The molecule has 0 bridgehead atoms. The Morgan fingerprint density at radius 1 is 1.00 bits per heavy atom. The normalized spacial score (nSPS) is 12.1. The first-order valence-corrected chi connectivity index (χ1v) is 7.99. The van der Waals surface area contributed by atoms with E-state index in [1.165, 1.54) is 30.5 Å². The van der Waals surface area contributed by atoms with Crippen molar-refractivity contribution in [3.63, 3.8) is 0 Å². The summed E-state index contributed by atoms with van der Waals surface area (Å²) in [6.07, 6.45) is 1.31. The first kappa shape index (κ1) is 16.2. The van der Waals surface area contributed by atoms with Gasteiger partial charge in [-0.25, -0.2) is 0 Å². The highest BCUT2D eigenvalue weighted by atomic mass is 16.4. The van der Waals surface area contributed by atoms with Gasteiger partial charge in [0.25, 0.3) is 0 Å². The summed E-state index contributed by atoms with van der Waals surface area (Å²) in [4.78, 5) is 12.9. The number of furan rings is 1. The quantitative estimate of drug-likeness (QED) is 0.506. The van der Waals surface area contributed by atoms with Crippen molar-refractivity contribution in [2.75, 3.05) is 0 Å². The van der Waals surface area contributed by atoms with Gasteiger partial charge in [0.1, 0.15) is 45.7 Å². The topological polar surface area (TPSA) is 104 Å². The Bertz CT molecular complexity index is 1190. The van der Waals surface area contributed by atoms with Gasteiger partial charge in [-0.05, 0) is 37.6 Å². The fourth-order valence-electron chi connectivity index (χ4n) is 2.90. The van der Waals surface area contributed by atoms with E-state index in [0.717, 1.165) is 0 Å². The highest BCUT2D eigenvalue weighted by Gasteiger charge is 2.24. The second-order valence-electron chi connectivity index (χ2n) is 6.71. The SMILES string of the molecule is CC(C)(O)c1cc2c(O)c3c(=O)c(-c4ccc(O)cc4)coc3cc2o1. The Balaban J connectivity index is 2.02. The van der Waals surface area contributed by atoms with Crippen molar-refractivity contribution in [2.45, 2.75) is 19.4 Å². The summed E-state index contributed by atoms with van der Waals surface area (Å²) in [5.74, 6) is 0.0940. The minimum absolute atomic E-state index is 0.0335. The molecule has 0 radical (unpaired) electrons. The number of benzene rings is 2. The van der Waals surface area contributed by atoms with Gasteiger partial charge >= 0.3 is 0 Å². The van der Waals surface area contributed by atoms with Crippen LogP contribution in [0.3, 0.4) is 0 Å². The first-order valence-electron chi connectivity index (χ1n) is 7.99. The number of rotatable bonds is 2. The van der Waals surface area contributed by atoms with Crippen molar-refractivity contribution in [3.05, 3.63) is 58.6 Å². The molecule has 2 heterocycles. The van der Waals surface area contributed by atoms with E-state index in [4.69, 9.17) is 8.83 Å². The van der Waals surface area contributed by atoms with E-state index in [2.05, 4.69) is 0 Å². The maximum Gasteiger partial charge on any atom is 0.204 e. The molecule has 0 aliphatic rings. The Morgan fingerprint density at radius 3 is 2.35 bits per heavy atom. The van der Waals surface area contributed by atoms with E-state index in [-0.39, 0.29) is 33.8 Å². The predicted octanol–water partition coefficient (Wildman–Crippen LogP) is 3.84. The third-order valence-electron chi connectivity index (χ3n) is 4.32. The van der Waals surface area contributed by atoms with Crippen molar-refractivity contribution < 1.29 is 24.2 Å². The van der Waals surface area contributed by atoms with E-state index < -0.39 is 11.0 Å². The summed E-state index contributed by atoms with van der Waals surface area (Å²) >= 11 is 0. The molecule has 0 aliphatic heterocycles. The van der Waals surface area contributed by atoms with Gasteiger partial charge in [0, 0.05) is 6.07 Å². The van der Waals surface area contributed by atoms with E-state index in [9.17, 15) is 20.1 Å². The zero-order valence-corrected chi connectivity index (χ0v) is 14.1. The summed E-state index contributed by atoms with van der Waals surface area (Å²) in [5, 5.41) is 30.5. The molecule has 3 N–H and O–H groups in total. The molecule has 6 heteroatoms. The second kappa shape index (κ2) is 5.37. The van der Waals surface area contributed by atoms with E-state index in [0.29, 0.717) is 16.5 Å². The van der Waals surface area contributed by atoms with Crippen LogP contribution in [0, 0.1) is 0 Å². The van der Waals surface area contributed by atoms with E-state index in [1.807, 2.05) is 0 Å². The van der Waals surface area contributed by atoms with Gasteiger partial charge in [0.15, 0.2) is 0 Å². The number of aromatic hydroxyl groups is 2. The van der Waals surface area contributed by atoms with E-state index in [1.54, 1.807) is 26.0 Å². The largest absolute Gasteiger partial charge is 0.508 e. The third-order valence-corrected chi connectivity index (χ3v) is 4.32. The van der Waals surface area contributed by atoms with Crippen LogP contribution in [0.5, 0.6) is 11.5 Å². The maximum absolute atomic E-state index is 12.9. The van der Waals surface area contributed by atoms with Crippen LogP contribution < -0.4 is 5.43 Å². The average Bonchev–Trinajstić information content (AvgIpc) is 3.01. The second-order valence-corrected chi connectivity index (χ2v) is 6.71. The van der Waals surface area contributed by atoms with Gasteiger partial charge in [0.2, 0.25) is 5.43 Å². The summed E-state index contributed by atoms with van der Waals surface area (Å²) in [6.45, 7) is 3.13. The molecular weight excluding hydrogens is 336 g/mol. The van der Waals surface area contributed by atoms with Gasteiger partial charge in [-0.15, -0.1) is 0 Å². The van der Waals surface area contributed by atoms with Crippen LogP contribution in [0.2, 0.25) is 0 Å². The number of fused-ring (bicyclic) bond motifs is 2. The van der Waals surface area contributed by atoms with E-state index >= 15 is 0 Å². The summed E-state index contributed by atoms with van der Waals surface area (Å²) in [5.41, 5.74) is -0.318. The Kier molecular flexibility index (Phi) is 3.35. The molecule has 6 nitrogen and oxygen atoms in total. The minimum atomic E-state index is -1.23. The monoisotopic (exact) mass is 352 g/mol. The lowest BCUT2D eigenvalue weighted by Crippen LogP contribution is -2.13. The predicted molar refractivity (Wildman–Crippen MR) is 96.3 cm³/mol. The van der Waals surface area contributed by atoms with Gasteiger partial charge in [-0.1, -0.05) is 12.1 Å². The first-order chi connectivity index (χ1) is 12.3. The van der Waals surface area contributed by atoms with Crippen LogP contribution in [0.1, 0.15) is 19.6 Å². The summed E-state index contributed by atoms with van der Waals surface area (Å²) < 4.78 is 11.1. The zero-order valence-electron chi connectivity index (χ0n) is 14.1. The molecular formula is C20H16O6. The number of phenolic OH excluding ortho intramolecular Hbond substituents is 2. The molecule has 2 aromatic heterocycles. The van der Waals surface area contributed by atoms with Crippen molar-refractivity contribution in [1.82, 2.24) is 0 Å². The molecule has 4 aromatic rings. The van der Waals surface area contributed by atoms with Gasteiger partial charge in [-0.2, -0.15) is 0 Å². The summed E-state index contributed by atoms with van der Waals surface area (Å²) in [6, 6.07) is 9.14. The van der Waals surface area contributed by atoms with Crippen LogP contribution in [0.4, 0.5) is 0 Å². The molecule has 0 amide bonds. The number of hydrogen-bond acceptors (Lipinski definition) is 6. The Labute approximate surface area is 147 Å². The lowest BCUT2D eigenvalue weighted by molar-refractivity contribution is 0.0559. The fraction of sp³-hybridized carbons (Fsp3) is 0.150. The Hall–Kier alpha value is -3.25.